The molecule has 0 radical (unpaired) electrons. The molecule has 2 aromatic heterocycles. The molecule has 0 aromatic carbocycles. The molecule has 23 heavy (non-hydrogen) atoms. The number of carbonyl (C=O) groups is 2. The highest BCUT2D eigenvalue weighted by Crippen LogP contribution is 2.33. The van der Waals surface area contributed by atoms with E-state index in [0.29, 0.717) is 23.2 Å². The van der Waals surface area contributed by atoms with E-state index in [1.807, 2.05) is 0 Å². The van der Waals surface area contributed by atoms with Crippen molar-refractivity contribution in [3.05, 3.63) is 27.5 Å². The average Bonchev–Trinajstić information content (AvgIpc) is 3.01. The number of hydrogen-bond donors (Lipinski definition) is 2. The van der Waals surface area contributed by atoms with Crippen LogP contribution in [0, 0.1) is 6.92 Å². The van der Waals surface area contributed by atoms with Gasteiger partial charge >= 0.3 is 6.18 Å². The molecule has 0 unspecified atom stereocenters. The van der Waals surface area contributed by atoms with Gasteiger partial charge in [0.15, 0.2) is 5.78 Å². The third-order valence-corrected chi connectivity index (χ3v) is 4.00. The Kier molecular flexibility index (Phi) is 4.55. The van der Waals surface area contributed by atoms with Gasteiger partial charge in [0.2, 0.25) is 10.1 Å². The SMILES string of the molecule is CCc1c(C(=O)Nc2nnc(C(F)(F)F)s2)[nH]c(C)c1C(C)=O. The van der Waals surface area contributed by atoms with Crippen molar-refractivity contribution in [2.45, 2.75) is 33.4 Å². The van der Waals surface area contributed by atoms with Crippen molar-refractivity contribution >= 4 is 28.2 Å². The number of ketones is 1. The Morgan fingerprint density at radius 2 is 1.96 bits per heavy atom. The van der Waals surface area contributed by atoms with Gasteiger partial charge in [-0.15, -0.1) is 10.2 Å². The van der Waals surface area contributed by atoms with Crippen LogP contribution in [0.4, 0.5) is 18.3 Å². The fraction of sp³-hybridized carbons (Fsp3) is 0.385. The molecule has 6 nitrogen and oxygen atoms in total. The lowest BCUT2D eigenvalue weighted by atomic mass is 10.0. The van der Waals surface area contributed by atoms with Crippen molar-refractivity contribution in [3.63, 3.8) is 0 Å². The Hall–Kier alpha value is -2.23. The number of aryl methyl sites for hydroxylation is 1. The van der Waals surface area contributed by atoms with Crippen LogP contribution in [0.1, 0.15) is 51.0 Å². The highest BCUT2D eigenvalue weighted by atomic mass is 32.1. The summed E-state index contributed by atoms with van der Waals surface area (Å²) in [6.07, 6.45) is -4.19. The first-order chi connectivity index (χ1) is 10.6. The topological polar surface area (TPSA) is 87.7 Å². The Morgan fingerprint density at radius 3 is 2.43 bits per heavy atom. The number of halogens is 3. The number of hydrogen-bond acceptors (Lipinski definition) is 5. The first-order valence-corrected chi connectivity index (χ1v) is 7.41. The third kappa shape index (κ3) is 3.41. The average molecular weight is 346 g/mol. The van der Waals surface area contributed by atoms with Crippen molar-refractivity contribution in [3.8, 4) is 0 Å². The molecule has 0 fully saturated rings. The van der Waals surface area contributed by atoms with Gasteiger partial charge in [0.1, 0.15) is 5.69 Å². The molecule has 0 aliphatic rings. The van der Waals surface area contributed by atoms with E-state index in [-0.39, 0.29) is 27.9 Å². The number of aromatic amines is 1. The third-order valence-electron chi connectivity index (χ3n) is 3.11. The molecule has 2 N–H and O–H groups in total. The van der Waals surface area contributed by atoms with E-state index in [0.717, 1.165) is 0 Å². The van der Waals surface area contributed by atoms with Crippen molar-refractivity contribution < 1.29 is 22.8 Å². The first-order valence-electron chi connectivity index (χ1n) is 6.59. The Bertz CT molecular complexity index is 764. The van der Waals surface area contributed by atoms with E-state index in [1.165, 1.54) is 6.92 Å². The molecule has 0 aliphatic carbocycles. The first kappa shape index (κ1) is 17.1. The van der Waals surface area contributed by atoms with E-state index < -0.39 is 17.1 Å². The smallest absolute Gasteiger partial charge is 0.354 e. The molecule has 0 aliphatic heterocycles. The normalized spacial score (nSPS) is 11.6. The zero-order valence-corrected chi connectivity index (χ0v) is 13.3. The maximum atomic E-state index is 12.5. The second kappa shape index (κ2) is 6.11. The zero-order chi connectivity index (χ0) is 17.4. The molecule has 2 heterocycles. The minimum Gasteiger partial charge on any atom is -0.354 e. The molecule has 124 valence electrons. The lowest BCUT2D eigenvalue weighted by molar-refractivity contribution is -0.138. The standard InChI is InChI=1S/C13H13F3N4O2S/c1-4-7-8(6(3)21)5(2)17-9(7)10(22)18-12-20-19-11(23-12)13(14,15)16/h17H,4H2,1-3H3,(H,18,20,22). The van der Waals surface area contributed by atoms with Crippen LogP contribution in [0.25, 0.3) is 0 Å². The molecule has 0 spiro atoms. The number of carbonyl (C=O) groups excluding carboxylic acids is 2. The van der Waals surface area contributed by atoms with Crippen LogP contribution >= 0.6 is 11.3 Å². The van der Waals surface area contributed by atoms with Crippen molar-refractivity contribution in [1.82, 2.24) is 15.2 Å². The monoisotopic (exact) mass is 346 g/mol. The Balaban J connectivity index is 2.30. The maximum Gasteiger partial charge on any atom is 0.445 e. The summed E-state index contributed by atoms with van der Waals surface area (Å²) in [5.74, 6) is -0.854. The molecular formula is C13H13F3N4O2S. The number of anilines is 1. The minimum atomic E-state index is -4.61. The van der Waals surface area contributed by atoms with E-state index in [4.69, 9.17) is 0 Å². The van der Waals surface area contributed by atoms with Gasteiger partial charge in [0.25, 0.3) is 5.91 Å². The molecule has 0 atom stereocenters. The predicted octanol–water partition coefficient (Wildman–Crippen LogP) is 3.21. The van der Waals surface area contributed by atoms with Crippen LogP contribution in [0.2, 0.25) is 0 Å². The fourth-order valence-corrected chi connectivity index (χ4v) is 2.85. The van der Waals surface area contributed by atoms with Crippen LogP contribution in [0.3, 0.4) is 0 Å². The summed E-state index contributed by atoms with van der Waals surface area (Å²) in [6, 6.07) is 0. The van der Waals surface area contributed by atoms with Gasteiger partial charge in [0, 0.05) is 11.3 Å². The number of amides is 1. The molecule has 10 heteroatoms. The highest BCUT2D eigenvalue weighted by molar-refractivity contribution is 7.15. The maximum absolute atomic E-state index is 12.5. The lowest BCUT2D eigenvalue weighted by Crippen LogP contribution is -2.14. The number of nitrogens with one attached hydrogen (secondary N) is 2. The fourth-order valence-electron chi connectivity index (χ4n) is 2.25. The second-order valence-corrected chi connectivity index (χ2v) is 5.73. The van der Waals surface area contributed by atoms with Crippen molar-refractivity contribution in [2.75, 3.05) is 5.32 Å². The van der Waals surface area contributed by atoms with E-state index >= 15 is 0 Å². The molecular weight excluding hydrogens is 333 g/mol. The highest BCUT2D eigenvalue weighted by Gasteiger charge is 2.36. The Morgan fingerprint density at radius 1 is 1.30 bits per heavy atom. The number of rotatable bonds is 4. The lowest BCUT2D eigenvalue weighted by Gasteiger charge is -2.03. The quantitative estimate of drug-likeness (QED) is 0.832. The summed E-state index contributed by atoms with van der Waals surface area (Å²) in [6.45, 7) is 4.81. The van der Waals surface area contributed by atoms with Gasteiger partial charge < -0.3 is 4.98 Å². The van der Waals surface area contributed by atoms with Gasteiger partial charge in [-0.1, -0.05) is 18.3 Å². The summed E-state index contributed by atoms with van der Waals surface area (Å²) in [4.78, 5) is 26.7. The number of alkyl halides is 3. The number of aromatic nitrogens is 3. The number of nitrogens with zero attached hydrogens (tertiary/aromatic N) is 2. The summed E-state index contributed by atoms with van der Waals surface area (Å²) in [7, 11) is 0. The molecule has 2 aromatic rings. The van der Waals surface area contributed by atoms with Crippen molar-refractivity contribution in [2.24, 2.45) is 0 Å². The molecule has 0 saturated heterocycles. The Labute approximate surface area is 133 Å². The second-order valence-electron chi connectivity index (χ2n) is 4.75. The van der Waals surface area contributed by atoms with Crippen LogP contribution < -0.4 is 5.32 Å². The van der Waals surface area contributed by atoms with E-state index in [9.17, 15) is 22.8 Å². The zero-order valence-electron chi connectivity index (χ0n) is 12.5. The summed E-state index contributed by atoms with van der Waals surface area (Å²) in [5.41, 5.74) is 1.62. The van der Waals surface area contributed by atoms with Gasteiger partial charge in [0.05, 0.1) is 0 Å². The summed E-state index contributed by atoms with van der Waals surface area (Å²) < 4.78 is 37.4. The van der Waals surface area contributed by atoms with Gasteiger partial charge in [-0.05, 0) is 25.8 Å². The number of H-pyrrole nitrogens is 1. The molecule has 0 bridgehead atoms. The van der Waals surface area contributed by atoms with Crippen LogP contribution in [0.5, 0.6) is 0 Å². The van der Waals surface area contributed by atoms with E-state index in [1.54, 1.807) is 13.8 Å². The molecule has 1 amide bonds. The van der Waals surface area contributed by atoms with Crippen LogP contribution in [-0.2, 0) is 12.6 Å². The predicted molar refractivity (Wildman–Crippen MR) is 77.8 cm³/mol. The summed E-state index contributed by atoms with van der Waals surface area (Å²) >= 11 is 0.234. The van der Waals surface area contributed by atoms with E-state index in [2.05, 4.69) is 20.5 Å². The van der Waals surface area contributed by atoms with Gasteiger partial charge in [-0.3, -0.25) is 14.9 Å². The molecule has 2 rings (SSSR count). The largest absolute Gasteiger partial charge is 0.445 e. The molecule has 0 saturated carbocycles. The van der Waals surface area contributed by atoms with Crippen LogP contribution in [0.15, 0.2) is 0 Å². The number of Topliss-reactive ketones (excluding diaryl/α,β-unsaturated/α-hetero) is 1. The summed E-state index contributed by atoms with van der Waals surface area (Å²) in [5, 5.41) is 7.16. The van der Waals surface area contributed by atoms with Crippen LogP contribution in [-0.4, -0.2) is 26.9 Å². The van der Waals surface area contributed by atoms with Gasteiger partial charge in [-0.2, -0.15) is 13.2 Å². The van der Waals surface area contributed by atoms with Gasteiger partial charge in [-0.25, -0.2) is 0 Å². The van der Waals surface area contributed by atoms with Crippen molar-refractivity contribution in [1.29, 1.82) is 0 Å². The minimum absolute atomic E-state index is 0.138.